The van der Waals surface area contributed by atoms with E-state index in [4.69, 9.17) is 0 Å². The molecule has 0 atom stereocenters. The molecule has 2 aromatic rings. The Hall–Kier alpha value is -1.17. The first kappa shape index (κ1) is 13.8. The molecule has 2 heterocycles. The molecule has 20 heavy (non-hydrogen) atoms. The first-order valence-corrected chi connectivity index (χ1v) is 8.99. The third-order valence-electron chi connectivity index (χ3n) is 3.73. The molecule has 3 rings (SSSR count). The van der Waals surface area contributed by atoms with Crippen LogP contribution in [0.5, 0.6) is 0 Å². The second-order valence-electron chi connectivity index (χ2n) is 5.10. The fourth-order valence-electron chi connectivity index (χ4n) is 2.53. The highest BCUT2D eigenvalue weighted by molar-refractivity contribution is 7.89. The van der Waals surface area contributed by atoms with Gasteiger partial charge < -0.3 is 0 Å². The molecular formula is C15H17NO2S2. The molecule has 0 bridgehead atoms. The van der Waals surface area contributed by atoms with Gasteiger partial charge in [0, 0.05) is 18.0 Å². The van der Waals surface area contributed by atoms with E-state index in [2.05, 4.69) is 12.3 Å². The lowest BCUT2D eigenvalue weighted by Gasteiger charge is -2.16. The van der Waals surface area contributed by atoms with E-state index in [-0.39, 0.29) is 0 Å². The van der Waals surface area contributed by atoms with E-state index < -0.39 is 10.0 Å². The summed E-state index contributed by atoms with van der Waals surface area (Å²) in [6.45, 7) is 5.08. The molecule has 5 heteroatoms. The SMILES string of the molecule is CCc1scc2c1CN(S(=O)(=O)c1ccc(C)cc1)C2. The van der Waals surface area contributed by atoms with Gasteiger partial charge in [-0.3, -0.25) is 0 Å². The van der Waals surface area contributed by atoms with E-state index in [9.17, 15) is 8.42 Å². The van der Waals surface area contributed by atoms with Crippen molar-refractivity contribution in [2.45, 2.75) is 38.3 Å². The highest BCUT2D eigenvalue weighted by Crippen LogP contribution is 2.34. The Kier molecular flexibility index (Phi) is 3.44. The van der Waals surface area contributed by atoms with Gasteiger partial charge in [-0.25, -0.2) is 8.42 Å². The normalized spacial score (nSPS) is 15.5. The Morgan fingerprint density at radius 1 is 1.20 bits per heavy atom. The zero-order valence-corrected chi connectivity index (χ0v) is 13.2. The van der Waals surface area contributed by atoms with Gasteiger partial charge in [-0.05, 0) is 42.0 Å². The van der Waals surface area contributed by atoms with Crippen LogP contribution in [0.2, 0.25) is 0 Å². The fourth-order valence-corrected chi connectivity index (χ4v) is 4.93. The van der Waals surface area contributed by atoms with Crippen LogP contribution in [0.1, 0.15) is 28.5 Å². The molecule has 106 valence electrons. The molecule has 0 spiro atoms. The molecular weight excluding hydrogens is 290 g/mol. The Morgan fingerprint density at radius 2 is 1.90 bits per heavy atom. The molecule has 0 unspecified atom stereocenters. The van der Waals surface area contributed by atoms with Crippen molar-refractivity contribution in [3.8, 4) is 0 Å². The number of thiophene rings is 1. The van der Waals surface area contributed by atoms with Crippen molar-refractivity contribution >= 4 is 21.4 Å². The van der Waals surface area contributed by atoms with E-state index in [0.29, 0.717) is 18.0 Å². The molecule has 0 saturated heterocycles. The van der Waals surface area contributed by atoms with E-state index in [1.54, 1.807) is 27.8 Å². The second kappa shape index (κ2) is 4.98. The van der Waals surface area contributed by atoms with Crippen molar-refractivity contribution in [1.29, 1.82) is 0 Å². The van der Waals surface area contributed by atoms with Crippen molar-refractivity contribution in [2.75, 3.05) is 0 Å². The number of hydrogen-bond donors (Lipinski definition) is 0. The summed E-state index contributed by atoms with van der Waals surface area (Å²) in [6, 6.07) is 7.07. The minimum Gasteiger partial charge on any atom is -0.207 e. The summed E-state index contributed by atoms with van der Waals surface area (Å²) in [5.74, 6) is 0. The lowest BCUT2D eigenvalue weighted by Crippen LogP contribution is -2.25. The number of benzene rings is 1. The topological polar surface area (TPSA) is 37.4 Å². The number of rotatable bonds is 3. The monoisotopic (exact) mass is 307 g/mol. The Balaban J connectivity index is 1.91. The summed E-state index contributed by atoms with van der Waals surface area (Å²) < 4.78 is 26.9. The van der Waals surface area contributed by atoms with Crippen molar-refractivity contribution < 1.29 is 8.42 Å². The lowest BCUT2D eigenvalue weighted by atomic mass is 10.2. The predicted octanol–water partition coefficient (Wildman–Crippen LogP) is 3.32. The van der Waals surface area contributed by atoms with Crippen molar-refractivity contribution in [3.05, 3.63) is 51.2 Å². The van der Waals surface area contributed by atoms with Crippen LogP contribution in [0.4, 0.5) is 0 Å². The van der Waals surface area contributed by atoms with E-state index in [0.717, 1.165) is 12.0 Å². The average Bonchev–Trinajstić information content (AvgIpc) is 2.99. The third kappa shape index (κ3) is 2.20. The summed E-state index contributed by atoms with van der Waals surface area (Å²) in [4.78, 5) is 1.69. The first-order chi connectivity index (χ1) is 9.52. The maximum atomic E-state index is 12.6. The summed E-state index contributed by atoms with van der Waals surface area (Å²) in [5.41, 5.74) is 3.45. The van der Waals surface area contributed by atoms with Gasteiger partial charge in [0.2, 0.25) is 10.0 Å². The van der Waals surface area contributed by atoms with Gasteiger partial charge in [-0.1, -0.05) is 24.6 Å². The minimum absolute atomic E-state index is 0.384. The average molecular weight is 307 g/mol. The van der Waals surface area contributed by atoms with Crippen LogP contribution in [0.3, 0.4) is 0 Å². The highest BCUT2D eigenvalue weighted by atomic mass is 32.2. The van der Waals surface area contributed by atoms with E-state index in [1.165, 1.54) is 16.0 Å². The summed E-state index contributed by atoms with van der Waals surface area (Å²) in [6.07, 6.45) is 0.971. The number of aryl methyl sites for hydroxylation is 2. The number of hydrogen-bond acceptors (Lipinski definition) is 3. The summed E-state index contributed by atoms with van der Waals surface area (Å²) in [7, 11) is -3.38. The Bertz CT molecular complexity index is 730. The molecule has 0 fully saturated rings. The maximum Gasteiger partial charge on any atom is 0.243 e. The molecule has 1 aromatic carbocycles. The zero-order chi connectivity index (χ0) is 14.3. The van der Waals surface area contributed by atoms with Crippen molar-refractivity contribution in [1.82, 2.24) is 4.31 Å². The second-order valence-corrected chi connectivity index (χ2v) is 8.00. The van der Waals surface area contributed by atoms with Gasteiger partial charge in [0.15, 0.2) is 0 Å². The Labute approximate surface area is 123 Å². The van der Waals surface area contributed by atoms with E-state index in [1.807, 2.05) is 19.1 Å². The molecule has 1 aliphatic rings. The van der Waals surface area contributed by atoms with Crippen LogP contribution in [0, 0.1) is 6.92 Å². The lowest BCUT2D eigenvalue weighted by molar-refractivity contribution is 0.431. The number of nitrogens with zero attached hydrogens (tertiary/aromatic N) is 1. The van der Waals surface area contributed by atoms with Crippen LogP contribution in [0.25, 0.3) is 0 Å². The minimum atomic E-state index is -3.38. The van der Waals surface area contributed by atoms with Crippen molar-refractivity contribution in [2.24, 2.45) is 0 Å². The van der Waals surface area contributed by atoms with Gasteiger partial charge in [-0.2, -0.15) is 4.31 Å². The standard InChI is InChI=1S/C15H17NO2S2/c1-3-15-14-9-16(8-12(14)10-19-15)20(17,18)13-6-4-11(2)5-7-13/h4-7,10H,3,8-9H2,1-2H3. The Morgan fingerprint density at radius 3 is 2.55 bits per heavy atom. The highest BCUT2D eigenvalue weighted by Gasteiger charge is 2.32. The molecule has 0 radical (unpaired) electrons. The van der Waals surface area contributed by atoms with Gasteiger partial charge in [0.25, 0.3) is 0 Å². The molecule has 3 nitrogen and oxygen atoms in total. The van der Waals surface area contributed by atoms with Gasteiger partial charge in [-0.15, -0.1) is 11.3 Å². The smallest absolute Gasteiger partial charge is 0.207 e. The summed E-state index contributed by atoms with van der Waals surface area (Å²) in [5, 5.41) is 2.10. The van der Waals surface area contributed by atoms with Gasteiger partial charge >= 0.3 is 0 Å². The maximum absolute atomic E-state index is 12.6. The molecule has 0 amide bonds. The number of fused-ring (bicyclic) bond motifs is 1. The van der Waals surface area contributed by atoms with Gasteiger partial charge in [0.1, 0.15) is 0 Å². The fraction of sp³-hybridized carbons (Fsp3) is 0.333. The summed E-state index contributed by atoms with van der Waals surface area (Å²) >= 11 is 1.74. The van der Waals surface area contributed by atoms with Crippen LogP contribution in [-0.2, 0) is 29.5 Å². The van der Waals surface area contributed by atoms with Crippen LogP contribution >= 0.6 is 11.3 Å². The van der Waals surface area contributed by atoms with E-state index >= 15 is 0 Å². The van der Waals surface area contributed by atoms with Crippen molar-refractivity contribution in [3.63, 3.8) is 0 Å². The predicted molar refractivity (Wildman–Crippen MR) is 81.3 cm³/mol. The number of sulfonamides is 1. The first-order valence-electron chi connectivity index (χ1n) is 6.67. The molecule has 0 aliphatic carbocycles. The van der Waals surface area contributed by atoms with Gasteiger partial charge in [0.05, 0.1) is 4.90 Å². The zero-order valence-electron chi connectivity index (χ0n) is 11.6. The quantitative estimate of drug-likeness (QED) is 0.872. The molecule has 0 N–H and O–H groups in total. The largest absolute Gasteiger partial charge is 0.243 e. The molecule has 0 saturated carbocycles. The third-order valence-corrected chi connectivity index (χ3v) is 6.76. The van der Waals surface area contributed by atoms with Crippen LogP contribution in [0.15, 0.2) is 34.5 Å². The molecule has 1 aliphatic heterocycles. The van der Waals surface area contributed by atoms with Crippen LogP contribution in [-0.4, -0.2) is 12.7 Å². The molecule has 1 aromatic heterocycles. The van der Waals surface area contributed by atoms with Crippen LogP contribution < -0.4 is 0 Å².